The van der Waals surface area contributed by atoms with Crippen LogP contribution in [0.15, 0.2) is 115 Å². The molecule has 0 spiro atoms. The fourth-order valence-electron chi connectivity index (χ4n) is 7.23. The first-order chi connectivity index (χ1) is 18.6. The van der Waals surface area contributed by atoms with E-state index in [1.165, 1.54) is 82.2 Å². The van der Waals surface area contributed by atoms with Crippen LogP contribution in [0.3, 0.4) is 0 Å². The molecule has 0 unspecified atom stereocenters. The van der Waals surface area contributed by atoms with Crippen LogP contribution in [0.1, 0.15) is 25.0 Å². The van der Waals surface area contributed by atoms with Gasteiger partial charge in [0.15, 0.2) is 0 Å². The van der Waals surface area contributed by atoms with Gasteiger partial charge in [-0.2, -0.15) is 0 Å². The van der Waals surface area contributed by atoms with E-state index in [9.17, 15) is 0 Å². The molecule has 0 bridgehead atoms. The van der Waals surface area contributed by atoms with Crippen molar-refractivity contribution in [3.63, 3.8) is 0 Å². The number of fused-ring (bicyclic) bond motifs is 10. The molecule has 0 atom stereocenters. The minimum absolute atomic E-state index is 0.00425. The van der Waals surface area contributed by atoms with Crippen LogP contribution in [0.4, 0.5) is 0 Å². The fraction of sp³-hybridized carbons (Fsp3) is 0.0811. The summed E-state index contributed by atoms with van der Waals surface area (Å²) in [5.41, 5.74) is 12.0. The maximum absolute atomic E-state index is 2.48. The normalized spacial score (nSPS) is 14.3. The Hall–Kier alpha value is -4.62. The SMILES string of the molecule is CC1(C)c2ccccc2-c2ccc(-c3ccc4c(c3)c3cccc5c6cc7ccccc7cc6n4c35)cc21. The molecule has 0 N–H and O–H groups in total. The molecule has 1 aliphatic rings. The molecule has 0 aliphatic heterocycles. The Bertz CT molecular complexity index is 2260. The van der Waals surface area contributed by atoms with Gasteiger partial charge in [0.1, 0.15) is 0 Å². The molecule has 1 aliphatic carbocycles. The first kappa shape index (κ1) is 20.4. The van der Waals surface area contributed by atoms with Gasteiger partial charge in [0.2, 0.25) is 0 Å². The third-order valence-corrected chi connectivity index (χ3v) is 9.10. The van der Waals surface area contributed by atoms with Gasteiger partial charge in [-0.15, -0.1) is 0 Å². The summed E-state index contributed by atoms with van der Waals surface area (Å²) in [5.74, 6) is 0. The Morgan fingerprint density at radius 2 is 1.13 bits per heavy atom. The van der Waals surface area contributed by atoms with Gasteiger partial charge >= 0.3 is 0 Å². The smallest absolute Gasteiger partial charge is 0.0620 e. The summed E-state index contributed by atoms with van der Waals surface area (Å²) in [6.07, 6.45) is 0. The Balaban J connectivity index is 1.30. The third-order valence-electron chi connectivity index (χ3n) is 9.10. The Morgan fingerprint density at radius 3 is 1.97 bits per heavy atom. The lowest BCUT2D eigenvalue weighted by atomic mass is 9.81. The van der Waals surface area contributed by atoms with Gasteiger partial charge < -0.3 is 4.40 Å². The number of aromatic nitrogens is 1. The average molecular weight is 484 g/mol. The standard InChI is InChI=1S/C37H25N/c1-37(2)32-13-6-5-10-26(32)27-16-14-25(20-33(27)37)24-15-17-34-30(19-24)28-11-7-12-29-31-18-22-8-3-4-9-23(22)21-35(31)38(34)36(28)29/h3-21H,1-2H3. The van der Waals surface area contributed by atoms with Crippen molar-refractivity contribution >= 4 is 48.9 Å². The van der Waals surface area contributed by atoms with E-state index in [1.807, 2.05) is 0 Å². The van der Waals surface area contributed by atoms with Crippen molar-refractivity contribution in [3.8, 4) is 22.3 Å². The number of para-hydroxylation sites is 1. The first-order valence-electron chi connectivity index (χ1n) is 13.5. The summed E-state index contributed by atoms with van der Waals surface area (Å²) >= 11 is 0. The molecular formula is C37H25N. The molecular weight excluding hydrogens is 458 g/mol. The maximum atomic E-state index is 2.48. The largest absolute Gasteiger partial charge is 0.308 e. The van der Waals surface area contributed by atoms with Crippen molar-refractivity contribution in [2.75, 3.05) is 0 Å². The van der Waals surface area contributed by atoms with E-state index in [-0.39, 0.29) is 5.41 Å². The highest BCUT2D eigenvalue weighted by atomic mass is 14.9. The molecule has 0 fully saturated rings. The highest BCUT2D eigenvalue weighted by molar-refractivity contribution is 6.25. The van der Waals surface area contributed by atoms with Crippen molar-refractivity contribution in [1.29, 1.82) is 0 Å². The molecule has 0 saturated carbocycles. The molecule has 8 aromatic rings. The van der Waals surface area contributed by atoms with E-state index in [4.69, 9.17) is 0 Å². The summed E-state index contributed by atoms with van der Waals surface area (Å²) in [4.78, 5) is 0. The molecule has 9 rings (SSSR count). The van der Waals surface area contributed by atoms with Crippen LogP contribution < -0.4 is 0 Å². The van der Waals surface area contributed by atoms with Gasteiger partial charge in [0, 0.05) is 27.0 Å². The molecule has 0 saturated heterocycles. The first-order valence-corrected chi connectivity index (χ1v) is 13.5. The number of benzene rings is 6. The van der Waals surface area contributed by atoms with E-state index in [2.05, 4.69) is 134 Å². The summed E-state index contributed by atoms with van der Waals surface area (Å²) in [6, 6.07) is 43.1. The Labute approximate surface area is 220 Å². The predicted octanol–water partition coefficient (Wildman–Crippen LogP) is 9.96. The molecule has 0 radical (unpaired) electrons. The maximum Gasteiger partial charge on any atom is 0.0620 e. The minimum Gasteiger partial charge on any atom is -0.308 e. The van der Waals surface area contributed by atoms with Crippen molar-refractivity contribution in [2.24, 2.45) is 0 Å². The van der Waals surface area contributed by atoms with Crippen LogP contribution in [0.25, 0.3) is 71.1 Å². The number of hydrogen-bond acceptors (Lipinski definition) is 0. The van der Waals surface area contributed by atoms with E-state index < -0.39 is 0 Å². The number of nitrogens with zero attached hydrogens (tertiary/aromatic N) is 1. The van der Waals surface area contributed by atoms with E-state index in [1.54, 1.807) is 0 Å². The number of hydrogen-bond donors (Lipinski definition) is 0. The van der Waals surface area contributed by atoms with E-state index >= 15 is 0 Å². The quantitative estimate of drug-likeness (QED) is 0.219. The molecule has 178 valence electrons. The number of rotatable bonds is 1. The van der Waals surface area contributed by atoms with E-state index in [0.717, 1.165) is 0 Å². The molecule has 0 amide bonds. The molecule has 6 aromatic carbocycles. The third kappa shape index (κ3) is 2.42. The molecule has 38 heavy (non-hydrogen) atoms. The average Bonchev–Trinajstić information content (AvgIpc) is 3.54. The summed E-state index contributed by atoms with van der Waals surface area (Å²) in [5, 5.41) is 7.89. The summed E-state index contributed by atoms with van der Waals surface area (Å²) in [6.45, 7) is 4.71. The molecule has 1 heteroatoms. The van der Waals surface area contributed by atoms with E-state index in [0.29, 0.717) is 0 Å². The minimum atomic E-state index is 0.00425. The Morgan fingerprint density at radius 1 is 0.474 bits per heavy atom. The zero-order valence-electron chi connectivity index (χ0n) is 21.4. The molecule has 2 heterocycles. The Kier molecular flexibility index (Phi) is 3.67. The van der Waals surface area contributed by atoms with Gasteiger partial charge in [-0.05, 0) is 74.5 Å². The topological polar surface area (TPSA) is 4.41 Å². The lowest BCUT2D eigenvalue weighted by molar-refractivity contribution is 0.660. The van der Waals surface area contributed by atoms with Crippen LogP contribution in [0.2, 0.25) is 0 Å². The zero-order valence-corrected chi connectivity index (χ0v) is 21.4. The summed E-state index contributed by atoms with van der Waals surface area (Å²) < 4.78 is 2.48. The van der Waals surface area contributed by atoms with Gasteiger partial charge in [-0.1, -0.05) is 98.8 Å². The summed E-state index contributed by atoms with van der Waals surface area (Å²) in [7, 11) is 0. The zero-order chi connectivity index (χ0) is 25.2. The van der Waals surface area contributed by atoms with Gasteiger partial charge in [-0.25, -0.2) is 0 Å². The van der Waals surface area contributed by atoms with Crippen molar-refractivity contribution in [2.45, 2.75) is 19.3 Å². The highest BCUT2D eigenvalue weighted by Gasteiger charge is 2.35. The van der Waals surface area contributed by atoms with Crippen LogP contribution in [-0.2, 0) is 5.41 Å². The van der Waals surface area contributed by atoms with Crippen molar-refractivity contribution in [1.82, 2.24) is 4.40 Å². The van der Waals surface area contributed by atoms with Crippen LogP contribution in [0.5, 0.6) is 0 Å². The second-order valence-electron chi connectivity index (χ2n) is 11.4. The monoisotopic (exact) mass is 483 g/mol. The van der Waals surface area contributed by atoms with Gasteiger partial charge in [0.05, 0.1) is 16.6 Å². The predicted molar refractivity (Wildman–Crippen MR) is 162 cm³/mol. The lowest BCUT2D eigenvalue weighted by Gasteiger charge is -2.22. The van der Waals surface area contributed by atoms with Crippen molar-refractivity contribution in [3.05, 3.63) is 126 Å². The van der Waals surface area contributed by atoms with Crippen LogP contribution >= 0.6 is 0 Å². The molecule has 2 aromatic heterocycles. The van der Waals surface area contributed by atoms with Crippen LogP contribution in [0, 0.1) is 0 Å². The van der Waals surface area contributed by atoms with Crippen LogP contribution in [-0.4, -0.2) is 4.40 Å². The van der Waals surface area contributed by atoms with Gasteiger partial charge in [-0.3, -0.25) is 0 Å². The van der Waals surface area contributed by atoms with Gasteiger partial charge in [0.25, 0.3) is 0 Å². The second-order valence-corrected chi connectivity index (χ2v) is 11.4. The molecule has 1 nitrogen and oxygen atoms in total. The lowest BCUT2D eigenvalue weighted by Crippen LogP contribution is -2.14. The van der Waals surface area contributed by atoms with Crippen molar-refractivity contribution < 1.29 is 0 Å². The second kappa shape index (κ2) is 6.82. The highest BCUT2D eigenvalue weighted by Crippen LogP contribution is 2.50. The fourth-order valence-corrected chi connectivity index (χ4v) is 7.23.